The van der Waals surface area contributed by atoms with Crippen LogP contribution in [0.5, 0.6) is 0 Å². The number of hydrogen-bond donors (Lipinski definition) is 1. The Morgan fingerprint density at radius 2 is 2.03 bits per heavy atom. The highest BCUT2D eigenvalue weighted by atomic mass is 16.1. The molecular weight excluding hydrogens is 364 g/mol. The normalized spacial score (nSPS) is 13.0. The van der Waals surface area contributed by atoms with Gasteiger partial charge in [-0.05, 0) is 54.9 Å². The first-order valence-corrected chi connectivity index (χ1v) is 9.71. The molecular formula is C23H24N4O2. The molecule has 0 aliphatic heterocycles. The van der Waals surface area contributed by atoms with Crippen molar-refractivity contribution in [2.75, 3.05) is 12.4 Å². The van der Waals surface area contributed by atoms with E-state index in [1.165, 1.54) is 0 Å². The van der Waals surface area contributed by atoms with Gasteiger partial charge in [0.2, 0.25) is 0 Å². The van der Waals surface area contributed by atoms with Crippen LogP contribution in [0.15, 0.2) is 54.9 Å². The Kier molecular flexibility index (Phi) is 5.27. The number of ketones is 1. The van der Waals surface area contributed by atoms with E-state index >= 15 is 0 Å². The minimum Gasteiger partial charge on any atom is -0.337 e. The third kappa shape index (κ3) is 4.27. The molecule has 0 fully saturated rings. The van der Waals surface area contributed by atoms with Gasteiger partial charge in [-0.3, -0.25) is 14.5 Å². The Morgan fingerprint density at radius 1 is 1.17 bits per heavy atom. The molecule has 1 aromatic heterocycles. The molecule has 0 spiro atoms. The summed E-state index contributed by atoms with van der Waals surface area (Å²) in [4.78, 5) is 31.0. The third-order valence-corrected chi connectivity index (χ3v) is 5.26. The average molecular weight is 388 g/mol. The minimum absolute atomic E-state index is 0.150. The van der Waals surface area contributed by atoms with Gasteiger partial charge < -0.3 is 9.88 Å². The number of rotatable bonds is 6. The zero-order chi connectivity index (χ0) is 20.4. The van der Waals surface area contributed by atoms with Crippen LogP contribution in [0.3, 0.4) is 0 Å². The maximum Gasteiger partial charge on any atom is 0.255 e. The average Bonchev–Trinajstić information content (AvgIpc) is 3.27. The van der Waals surface area contributed by atoms with Gasteiger partial charge in [-0.2, -0.15) is 0 Å². The summed E-state index contributed by atoms with van der Waals surface area (Å²) >= 11 is 0. The van der Waals surface area contributed by atoms with E-state index in [2.05, 4.69) is 15.2 Å². The molecule has 2 aromatic carbocycles. The fourth-order valence-corrected chi connectivity index (χ4v) is 3.71. The summed E-state index contributed by atoms with van der Waals surface area (Å²) in [7, 11) is 4.02. The van der Waals surface area contributed by atoms with Crippen LogP contribution in [0.2, 0.25) is 0 Å². The topological polar surface area (TPSA) is 67.2 Å². The van der Waals surface area contributed by atoms with Crippen LogP contribution in [0, 0.1) is 0 Å². The number of carbonyl (C=O) groups excluding carboxylic acids is 2. The number of anilines is 1. The molecule has 0 bridgehead atoms. The predicted octanol–water partition coefficient (Wildman–Crippen LogP) is 3.43. The molecule has 1 N–H and O–H groups in total. The van der Waals surface area contributed by atoms with Crippen molar-refractivity contribution in [2.45, 2.75) is 25.9 Å². The number of fused-ring (bicyclic) bond motifs is 1. The molecule has 0 saturated heterocycles. The quantitative estimate of drug-likeness (QED) is 0.703. The molecule has 0 radical (unpaired) electrons. The molecule has 1 heterocycles. The monoisotopic (exact) mass is 388 g/mol. The van der Waals surface area contributed by atoms with Crippen LogP contribution in [-0.2, 0) is 26.6 Å². The fourth-order valence-electron chi connectivity index (χ4n) is 3.71. The van der Waals surface area contributed by atoms with Gasteiger partial charge in [0.15, 0.2) is 5.78 Å². The van der Waals surface area contributed by atoms with Gasteiger partial charge in [-0.15, -0.1) is 0 Å². The van der Waals surface area contributed by atoms with Crippen LogP contribution in [0.4, 0.5) is 5.69 Å². The molecule has 1 amide bonds. The number of nitrogens with zero attached hydrogens (tertiary/aromatic N) is 3. The van der Waals surface area contributed by atoms with Gasteiger partial charge >= 0.3 is 0 Å². The Morgan fingerprint density at radius 3 is 2.83 bits per heavy atom. The standard InChI is InChI=1S/C23H24N4O2/c1-26(15-22-24-10-11-27(22)2)14-16-4-3-5-18(12-16)23(29)25-19-7-8-20-17(13-19)6-9-21(20)28/h3-5,7-8,10-13H,6,9,14-15H2,1-2H3,(H,25,29). The van der Waals surface area contributed by atoms with Crippen molar-refractivity contribution < 1.29 is 9.59 Å². The van der Waals surface area contributed by atoms with Gasteiger partial charge in [0.25, 0.3) is 5.91 Å². The highest BCUT2D eigenvalue weighted by Crippen LogP contribution is 2.25. The number of imidazole rings is 1. The Bertz CT molecular complexity index is 1070. The fraction of sp³-hybridized carbons (Fsp3) is 0.261. The third-order valence-electron chi connectivity index (χ3n) is 5.26. The summed E-state index contributed by atoms with van der Waals surface area (Å²) in [5.41, 5.74) is 4.19. The second-order valence-electron chi connectivity index (χ2n) is 7.58. The lowest BCUT2D eigenvalue weighted by molar-refractivity contribution is 0.0992. The summed E-state index contributed by atoms with van der Waals surface area (Å²) < 4.78 is 2.00. The van der Waals surface area contributed by atoms with Crippen molar-refractivity contribution >= 4 is 17.4 Å². The van der Waals surface area contributed by atoms with Crippen LogP contribution in [-0.4, -0.2) is 33.2 Å². The molecule has 1 aliphatic carbocycles. The number of benzene rings is 2. The first kappa shape index (κ1) is 19.1. The van der Waals surface area contributed by atoms with Crippen molar-refractivity contribution in [1.29, 1.82) is 0 Å². The molecule has 1 aliphatic rings. The number of hydrogen-bond acceptors (Lipinski definition) is 4. The lowest BCUT2D eigenvalue weighted by atomic mass is 10.1. The van der Waals surface area contributed by atoms with Crippen molar-refractivity contribution in [3.8, 4) is 0 Å². The van der Waals surface area contributed by atoms with Crippen molar-refractivity contribution in [1.82, 2.24) is 14.5 Å². The summed E-state index contributed by atoms with van der Waals surface area (Å²) in [5, 5.41) is 2.95. The maximum atomic E-state index is 12.7. The molecule has 0 saturated carbocycles. The molecule has 29 heavy (non-hydrogen) atoms. The Labute approximate surface area is 170 Å². The summed E-state index contributed by atoms with van der Waals surface area (Å²) in [6, 6.07) is 13.2. The van der Waals surface area contributed by atoms with E-state index in [1.54, 1.807) is 12.3 Å². The van der Waals surface area contributed by atoms with E-state index in [9.17, 15) is 9.59 Å². The minimum atomic E-state index is -0.150. The molecule has 0 atom stereocenters. The van der Waals surface area contributed by atoms with E-state index in [0.717, 1.165) is 47.7 Å². The number of carbonyl (C=O) groups is 2. The highest BCUT2D eigenvalue weighted by Gasteiger charge is 2.19. The smallest absolute Gasteiger partial charge is 0.255 e. The highest BCUT2D eigenvalue weighted by molar-refractivity contribution is 6.05. The van der Waals surface area contributed by atoms with E-state index in [-0.39, 0.29) is 11.7 Å². The first-order chi connectivity index (χ1) is 14.0. The van der Waals surface area contributed by atoms with Gasteiger partial charge in [0.05, 0.1) is 6.54 Å². The van der Waals surface area contributed by atoms with Gasteiger partial charge in [-0.25, -0.2) is 4.98 Å². The molecule has 148 valence electrons. The molecule has 6 nitrogen and oxygen atoms in total. The van der Waals surface area contributed by atoms with Gasteiger partial charge in [-0.1, -0.05) is 12.1 Å². The van der Waals surface area contributed by atoms with Crippen molar-refractivity contribution in [3.05, 3.63) is 82.9 Å². The lowest BCUT2D eigenvalue weighted by Crippen LogP contribution is -2.20. The number of nitrogens with one attached hydrogen (secondary N) is 1. The summed E-state index contributed by atoms with van der Waals surface area (Å²) in [5.74, 6) is 1.03. The van der Waals surface area contributed by atoms with E-state index in [0.29, 0.717) is 12.0 Å². The van der Waals surface area contributed by atoms with Gasteiger partial charge in [0, 0.05) is 49.2 Å². The largest absolute Gasteiger partial charge is 0.337 e. The van der Waals surface area contributed by atoms with Gasteiger partial charge in [0.1, 0.15) is 5.82 Å². The SMILES string of the molecule is CN(Cc1cccc(C(=O)Nc2ccc3c(c2)CCC3=O)c1)Cc1nccn1C. The number of aryl methyl sites for hydroxylation is 2. The van der Waals surface area contributed by atoms with Crippen molar-refractivity contribution in [3.63, 3.8) is 0 Å². The van der Waals surface area contributed by atoms with Crippen LogP contribution in [0.1, 0.15) is 44.1 Å². The Balaban J connectivity index is 1.42. The van der Waals surface area contributed by atoms with E-state index in [4.69, 9.17) is 0 Å². The number of amides is 1. The first-order valence-electron chi connectivity index (χ1n) is 9.71. The van der Waals surface area contributed by atoms with Crippen LogP contribution in [0.25, 0.3) is 0 Å². The van der Waals surface area contributed by atoms with E-state index in [1.807, 2.05) is 61.3 Å². The Hall–Kier alpha value is -3.25. The number of aromatic nitrogens is 2. The summed E-state index contributed by atoms with van der Waals surface area (Å²) in [6.07, 6.45) is 5.03. The molecule has 6 heteroatoms. The van der Waals surface area contributed by atoms with Crippen molar-refractivity contribution in [2.24, 2.45) is 7.05 Å². The molecule has 0 unspecified atom stereocenters. The van der Waals surface area contributed by atoms with Crippen LogP contribution >= 0.6 is 0 Å². The zero-order valence-corrected chi connectivity index (χ0v) is 16.7. The summed E-state index contributed by atoms with van der Waals surface area (Å²) in [6.45, 7) is 1.45. The molecule has 4 rings (SSSR count). The van der Waals surface area contributed by atoms with E-state index < -0.39 is 0 Å². The predicted molar refractivity (Wildman–Crippen MR) is 112 cm³/mol. The second-order valence-corrected chi connectivity index (χ2v) is 7.58. The zero-order valence-electron chi connectivity index (χ0n) is 16.7. The number of Topliss-reactive ketones (excluding diaryl/α,β-unsaturated/α-hetero) is 1. The second kappa shape index (κ2) is 8.01. The van der Waals surface area contributed by atoms with Crippen LogP contribution < -0.4 is 5.32 Å². The lowest BCUT2D eigenvalue weighted by Gasteiger charge is -2.17. The maximum absolute atomic E-state index is 12.7. The molecule has 3 aromatic rings.